The Hall–Kier alpha value is -0.610. The first kappa shape index (κ1) is 15.4. The highest BCUT2D eigenvalue weighted by Crippen LogP contribution is 1.88. The van der Waals surface area contributed by atoms with Gasteiger partial charge < -0.3 is 15.5 Å². The average Bonchev–Trinajstić information content (AvgIpc) is 2.21. The zero-order chi connectivity index (χ0) is 12.4. The largest absolute Gasteiger partial charge is 0.353 e. The minimum absolute atomic E-state index is 0.0774. The van der Waals surface area contributed by atoms with Crippen molar-refractivity contribution in [2.45, 2.75) is 40.2 Å². The quantitative estimate of drug-likeness (QED) is 0.576. The smallest absolute Gasteiger partial charge is 0.234 e. The predicted octanol–water partition coefficient (Wildman–Crippen LogP) is 0.833. The summed E-state index contributed by atoms with van der Waals surface area (Å²) in [5.41, 5.74) is 0. The second-order valence-electron chi connectivity index (χ2n) is 4.33. The highest BCUT2D eigenvalue weighted by Gasteiger charge is 2.03. The summed E-state index contributed by atoms with van der Waals surface area (Å²) in [6.07, 6.45) is 1.18. The fourth-order valence-electron chi connectivity index (χ4n) is 1.56. The zero-order valence-electron chi connectivity index (χ0n) is 11.2. The second-order valence-corrected chi connectivity index (χ2v) is 4.33. The third kappa shape index (κ3) is 8.68. The van der Waals surface area contributed by atoms with Gasteiger partial charge in [-0.3, -0.25) is 4.79 Å². The first-order valence-corrected chi connectivity index (χ1v) is 6.32. The van der Waals surface area contributed by atoms with E-state index in [4.69, 9.17) is 0 Å². The van der Waals surface area contributed by atoms with E-state index in [-0.39, 0.29) is 11.9 Å². The van der Waals surface area contributed by atoms with Crippen LogP contribution in [0.15, 0.2) is 0 Å². The van der Waals surface area contributed by atoms with Crippen molar-refractivity contribution in [3.8, 4) is 0 Å². The van der Waals surface area contributed by atoms with Gasteiger partial charge >= 0.3 is 0 Å². The summed E-state index contributed by atoms with van der Waals surface area (Å²) < 4.78 is 0. The molecule has 0 aliphatic rings. The van der Waals surface area contributed by atoms with Gasteiger partial charge in [0.25, 0.3) is 0 Å². The Morgan fingerprint density at radius 2 is 1.94 bits per heavy atom. The molecule has 0 fully saturated rings. The van der Waals surface area contributed by atoms with Crippen LogP contribution in [0.4, 0.5) is 0 Å². The molecular formula is C12H27N3O. The first-order chi connectivity index (χ1) is 7.60. The Labute approximate surface area is 99.8 Å². The standard InChI is InChI=1S/C12H27N3O/c1-5-8-15(6-2)9-7-13-10-12(16)14-11(3)4/h11,13H,5-10H2,1-4H3,(H,14,16). The van der Waals surface area contributed by atoms with E-state index in [0.29, 0.717) is 6.54 Å². The maximum Gasteiger partial charge on any atom is 0.234 e. The van der Waals surface area contributed by atoms with Crippen molar-refractivity contribution in [2.24, 2.45) is 0 Å². The fourth-order valence-corrected chi connectivity index (χ4v) is 1.56. The molecule has 0 aliphatic heterocycles. The fraction of sp³-hybridized carbons (Fsp3) is 0.917. The highest BCUT2D eigenvalue weighted by atomic mass is 16.1. The number of hydrogen-bond acceptors (Lipinski definition) is 3. The number of likely N-dealkylation sites (N-methyl/N-ethyl adjacent to an activating group) is 1. The topological polar surface area (TPSA) is 44.4 Å². The molecule has 0 bridgehead atoms. The Morgan fingerprint density at radius 3 is 2.44 bits per heavy atom. The van der Waals surface area contributed by atoms with Crippen molar-refractivity contribution in [1.29, 1.82) is 0 Å². The van der Waals surface area contributed by atoms with Crippen molar-refractivity contribution in [3.63, 3.8) is 0 Å². The Morgan fingerprint density at radius 1 is 1.25 bits per heavy atom. The van der Waals surface area contributed by atoms with Crippen LogP contribution in [0.25, 0.3) is 0 Å². The van der Waals surface area contributed by atoms with Gasteiger partial charge in [0.05, 0.1) is 6.54 Å². The number of amides is 1. The molecule has 96 valence electrons. The van der Waals surface area contributed by atoms with Crippen molar-refractivity contribution in [3.05, 3.63) is 0 Å². The van der Waals surface area contributed by atoms with Gasteiger partial charge in [0.1, 0.15) is 0 Å². The highest BCUT2D eigenvalue weighted by molar-refractivity contribution is 5.78. The number of hydrogen-bond donors (Lipinski definition) is 2. The van der Waals surface area contributed by atoms with Gasteiger partial charge in [0.2, 0.25) is 5.91 Å². The minimum Gasteiger partial charge on any atom is -0.353 e. The van der Waals surface area contributed by atoms with E-state index < -0.39 is 0 Å². The van der Waals surface area contributed by atoms with Gasteiger partial charge in [-0.1, -0.05) is 13.8 Å². The molecule has 0 heterocycles. The van der Waals surface area contributed by atoms with Gasteiger partial charge in [-0.25, -0.2) is 0 Å². The molecule has 0 spiro atoms. The van der Waals surface area contributed by atoms with Crippen LogP contribution in [-0.4, -0.2) is 49.6 Å². The summed E-state index contributed by atoms with van der Waals surface area (Å²) in [4.78, 5) is 13.7. The van der Waals surface area contributed by atoms with E-state index >= 15 is 0 Å². The van der Waals surface area contributed by atoms with E-state index in [0.717, 1.165) is 26.2 Å². The molecule has 0 aromatic rings. The summed E-state index contributed by atoms with van der Waals surface area (Å²) >= 11 is 0. The molecule has 0 aliphatic carbocycles. The van der Waals surface area contributed by atoms with Crippen LogP contribution in [0.5, 0.6) is 0 Å². The third-order valence-corrected chi connectivity index (χ3v) is 2.33. The van der Waals surface area contributed by atoms with E-state index in [1.54, 1.807) is 0 Å². The van der Waals surface area contributed by atoms with Crippen molar-refractivity contribution in [1.82, 2.24) is 15.5 Å². The maximum absolute atomic E-state index is 11.3. The van der Waals surface area contributed by atoms with Gasteiger partial charge in [-0.2, -0.15) is 0 Å². The Bertz CT molecular complexity index is 183. The summed E-state index contributed by atoms with van der Waals surface area (Å²) in [6.45, 7) is 12.8. The summed E-state index contributed by atoms with van der Waals surface area (Å²) in [6, 6.07) is 0.224. The van der Waals surface area contributed by atoms with Crippen LogP contribution >= 0.6 is 0 Å². The molecule has 0 radical (unpaired) electrons. The number of carbonyl (C=O) groups excluding carboxylic acids is 1. The zero-order valence-corrected chi connectivity index (χ0v) is 11.2. The lowest BCUT2D eigenvalue weighted by Gasteiger charge is -2.19. The van der Waals surface area contributed by atoms with Crippen LogP contribution in [0.1, 0.15) is 34.1 Å². The van der Waals surface area contributed by atoms with E-state index in [9.17, 15) is 4.79 Å². The van der Waals surface area contributed by atoms with Crippen LogP contribution in [0, 0.1) is 0 Å². The van der Waals surface area contributed by atoms with E-state index in [2.05, 4.69) is 29.4 Å². The molecule has 0 aromatic heterocycles. The predicted molar refractivity (Wildman–Crippen MR) is 68.6 cm³/mol. The first-order valence-electron chi connectivity index (χ1n) is 6.32. The molecule has 0 saturated heterocycles. The van der Waals surface area contributed by atoms with Crippen LogP contribution in [0.3, 0.4) is 0 Å². The third-order valence-electron chi connectivity index (χ3n) is 2.33. The van der Waals surface area contributed by atoms with Crippen molar-refractivity contribution >= 4 is 5.91 Å². The SMILES string of the molecule is CCCN(CC)CCNCC(=O)NC(C)C. The Kier molecular flexibility index (Phi) is 9.24. The number of nitrogens with one attached hydrogen (secondary N) is 2. The van der Waals surface area contributed by atoms with Crippen LogP contribution in [-0.2, 0) is 4.79 Å². The maximum atomic E-state index is 11.3. The second kappa shape index (κ2) is 9.60. The molecule has 4 heteroatoms. The summed E-state index contributed by atoms with van der Waals surface area (Å²) in [5.74, 6) is 0.0774. The Balaban J connectivity index is 3.47. The van der Waals surface area contributed by atoms with Gasteiger partial charge in [0.15, 0.2) is 0 Å². The van der Waals surface area contributed by atoms with E-state index in [1.165, 1.54) is 6.42 Å². The van der Waals surface area contributed by atoms with Crippen molar-refractivity contribution < 1.29 is 4.79 Å². The van der Waals surface area contributed by atoms with Crippen molar-refractivity contribution in [2.75, 3.05) is 32.7 Å². The van der Waals surface area contributed by atoms with Crippen LogP contribution in [0.2, 0.25) is 0 Å². The lowest BCUT2D eigenvalue weighted by molar-refractivity contribution is -0.120. The molecule has 2 N–H and O–H groups in total. The molecule has 0 unspecified atom stereocenters. The normalized spacial score (nSPS) is 11.1. The molecule has 4 nitrogen and oxygen atoms in total. The lowest BCUT2D eigenvalue weighted by Crippen LogP contribution is -2.40. The van der Waals surface area contributed by atoms with Gasteiger partial charge in [0, 0.05) is 19.1 Å². The monoisotopic (exact) mass is 229 g/mol. The summed E-state index contributed by atoms with van der Waals surface area (Å²) in [5, 5.41) is 6.01. The molecule has 1 amide bonds. The number of carbonyl (C=O) groups is 1. The molecule has 0 atom stereocenters. The molecular weight excluding hydrogens is 202 g/mol. The van der Waals surface area contributed by atoms with Gasteiger partial charge in [-0.15, -0.1) is 0 Å². The molecule has 0 aromatic carbocycles. The lowest BCUT2D eigenvalue weighted by atomic mass is 10.4. The molecule has 0 saturated carbocycles. The number of nitrogens with zero attached hydrogens (tertiary/aromatic N) is 1. The average molecular weight is 229 g/mol. The molecule has 16 heavy (non-hydrogen) atoms. The number of rotatable bonds is 9. The van der Waals surface area contributed by atoms with E-state index in [1.807, 2.05) is 13.8 Å². The van der Waals surface area contributed by atoms with Gasteiger partial charge in [-0.05, 0) is 33.4 Å². The minimum atomic E-state index is 0.0774. The van der Waals surface area contributed by atoms with Crippen LogP contribution < -0.4 is 10.6 Å². The molecule has 0 rings (SSSR count). The summed E-state index contributed by atoms with van der Waals surface area (Å²) in [7, 11) is 0.